The molecular formula is C13H11CaNO. The van der Waals surface area contributed by atoms with Gasteiger partial charge in [-0.25, -0.2) is 0 Å². The van der Waals surface area contributed by atoms with Gasteiger partial charge in [0.1, 0.15) is 0 Å². The van der Waals surface area contributed by atoms with Gasteiger partial charge in [-0.15, -0.1) is 0 Å². The standard InChI is InChI=1S/C13H11NO.Ca/c1-3-12(13(9-14)10(2)15)11-7-5-4-6-8-11;/h4-8H,1-2H3;/b13-12+;. The molecule has 3 heteroatoms. The minimum atomic E-state index is -0.172. The van der Waals surface area contributed by atoms with Crippen LogP contribution in [0.4, 0.5) is 0 Å². The third-order valence-electron chi connectivity index (χ3n) is 2.20. The number of hydrogen-bond donors (Lipinski definition) is 0. The molecule has 0 aliphatic carbocycles. The number of nitrogens with zero attached hydrogens (tertiary/aromatic N) is 1. The van der Waals surface area contributed by atoms with E-state index in [0.717, 1.165) is 48.0 Å². The monoisotopic (exact) mass is 237 g/mol. The van der Waals surface area contributed by atoms with Crippen molar-refractivity contribution in [2.45, 2.75) is 13.8 Å². The molecule has 0 aliphatic rings. The fourth-order valence-electron chi connectivity index (χ4n) is 1.52. The number of Topliss-reactive ketones (excluding diaryl/α,β-unsaturated/α-hetero) is 1. The molecule has 0 bridgehead atoms. The summed E-state index contributed by atoms with van der Waals surface area (Å²) in [5, 5.41) is 9.05. The van der Waals surface area contributed by atoms with Crippen molar-refractivity contribution in [1.82, 2.24) is 0 Å². The first-order valence-electron chi connectivity index (χ1n) is 4.94. The summed E-state index contributed by atoms with van der Waals surface area (Å²) in [5.41, 5.74) is 2.00. The zero-order valence-corrected chi connectivity index (χ0v) is 11.7. The van der Waals surface area contributed by atoms with E-state index in [-0.39, 0.29) is 11.4 Å². The average Bonchev–Trinajstić information content (AvgIpc) is 2.25. The Morgan fingerprint density at radius 1 is 1.25 bits per heavy atom. The molecule has 2 nitrogen and oxygen atoms in total. The number of rotatable bonds is 3. The molecule has 0 spiro atoms. The van der Waals surface area contributed by atoms with Crippen LogP contribution < -0.4 is 0 Å². The van der Waals surface area contributed by atoms with Crippen molar-refractivity contribution in [3.05, 3.63) is 41.5 Å². The summed E-state index contributed by atoms with van der Waals surface area (Å²) in [6.07, 6.45) is 0. The second-order valence-corrected chi connectivity index (χ2v) is 5.22. The fraction of sp³-hybridized carbons (Fsp3) is 0.154. The number of hydrogen-bond acceptors (Lipinski definition) is 2. The Morgan fingerprint density at radius 2 is 1.81 bits per heavy atom. The molecule has 1 rings (SSSR count). The summed E-state index contributed by atoms with van der Waals surface area (Å²) < 4.78 is 1.10. The Balaban J connectivity index is 3.48. The molecule has 0 radical (unpaired) electrons. The molecule has 0 amide bonds. The van der Waals surface area contributed by atoms with Crippen LogP contribution in [0.25, 0.3) is 5.57 Å². The molecule has 0 saturated carbocycles. The predicted octanol–water partition coefficient (Wildman–Crippen LogP) is 1.91. The summed E-state index contributed by atoms with van der Waals surface area (Å²) in [6.45, 7) is 3.40. The Bertz CT molecular complexity index is 494. The molecule has 0 saturated heterocycles. The molecule has 0 unspecified atom stereocenters. The van der Waals surface area contributed by atoms with Crippen LogP contribution in [0.3, 0.4) is 0 Å². The molecule has 1 aromatic carbocycles. The molecule has 76 valence electrons. The Morgan fingerprint density at radius 3 is 2.19 bits per heavy atom. The first-order valence-corrected chi connectivity index (χ1v) is 6.05. The summed E-state index contributed by atoms with van der Waals surface area (Å²) in [6, 6.07) is 11.6. The van der Waals surface area contributed by atoms with E-state index in [9.17, 15) is 4.79 Å². The molecule has 1 aromatic rings. The van der Waals surface area contributed by atoms with Gasteiger partial charge in [0.15, 0.2) is 0 Å². The van der Waals surface area contributed by atoms with Crippen LogP contribution >= 0.6 is 0 Å². The Labute approximate surface area is 119 Å². The van der Waals surface area contributed by atoms with Gasteiger partial charge >= 0.3 is 120 Å². The molecule has 0 aliphatic heterocycles. The summed E-state index contributed by atoms with van der Waals surface area (Å²) in [5.74, 6) is -0.172. The van der Waals surface area contributed by atoms with E-state index in [0.29, 0.717) is 0 Å². The Hall–Kier alpha value is -0.750. The third-order valence-corrected chi connectivity index (χ3v) is 2.76. The SMILES string of the molecule is CC(=O)/C(C#N)=C(\[C](C)=[Ca])c1ccccc1. The van der Waals surface area contributed by atoms with Gasteiger partial charge in [-0.1, -0.05) is 0 Å². The van der Waals surface area contributed by atoms with Crippen LogP contribution in [0.2, 0.25) is 0 Å². The third kappa shape index (κ3) is 3.12. The van der Waals surface area contributed by atoms with Gasteiger partial charge in [0.25, 0.3) is 0 Å². The molecule has 0 atom stereocenters. The molecule has 0 heterocycles. The van der Waals surface area contributed by atoms with Gasteiger partial charge < -0.3 is 0 Å². The molecular weight excluding hydrogens is 226 g/mol. The van der Waals surface area contributed by atoms with E-state index in [4.69, 9.17) is 5.26 Å². The second-order valence-electron chi connectivity index (χ2n) is 3.56. The van der Waals surface area contributed by atoms with Crippen molar-refractivity contribution in [1.29, 1.82) is 5.26 Å². The van der Waals surface area contributed by atoms with E-state index >= 15 is 0 Å². The van der Waals surface area contributed by atoms with E-state index in [1.54, 1.807) is 0 Å². The second kappa shape index (κ2) is 6.10. The zero-order valence-electron chi connectivity index (χ0n) is 9.45. The quantitative estimate of drug-likeness (QED) is 0.458. The van der Waals surface area contributed by atoms with Crippen LogP contribution in [0, 0.1) is 11.3 Å². The fourth-order valence-corrected chi connectivity index (χ4v) is 2.11. The van der Waals surface area contributed by atoms with E-state index in [2.05, 4.69) is 0 Å². The number of ketones is 1. The minimum absolute atomic E-state index is 0.172. The van der Waals surface area contributed by atoms with Gasteiger partial charge in [0.2, 0.25) is 0 Å². The molecule has 0 fully saturated rings. The maximum absolute atomic E-state index is 11.4. The summed E-state index contributed by atoms with van der Waals surface area (Å²) >= 11 is 0.947. The Kier molecular flexibility index (Phi) is 5.08. The van der Waals surface area contributed by atoms with Crippen LogP contribution in [0.5, 0.6) is 0 Å². The first-order chi connectivity index (χ1) is 7.57. The molecule has 0 aromatic heterocycles. The first kappa shape index (κ1) is 13.3. The van der Waals surface area contributed by atoms with Gasteiger partial charge in [0, 0.05) is 0 Å². The maximum atomic E-state index is 11.4. The van der Waals surface area contributed by atoms with E-state index in [1.807, 2.05) is 43.3 Å². The van der Waals surface area contributed by atoms with Crippen LogP contribution in [0.15, 0.2) is 35.9 Å². The van der Waals surface area contributed by atoms with Crippen LogP contribution in [-0.4, -0.2) is 42.6 Å². The topological polar surface area (TPSA) is 40.9 Å². The van der Waals surface area contributed by atoms with Crippen molar-refractivity contribution in [2.75, 3.05) is 0 Å². The zero-order chi connectivity index (χ0) is 12.1. The summed E-state index contributed by atoms with van der Waals surface area (Å²) in [4.78, 5) is 11.4. The van der Waals surface area contributed by atoms with Gasteiger partial charge in [-0.05, 0) is 0 Å². The van der Waals surface area contributed by atoms with Crippen LogP contribution in [0.1, 0.15) is 19.4 Å². The number of nitriles is 1. The van der Waals surface area contributed by atoms with Gasteiger partial charge in [0.05, 0.1) is 0 Å². The van der Waals surface area contributed by atoms with Gasteiger partial charge in [-0.3, -0.25) is 0 Å². The number of carbonyl (C=O) groups is 1. The van der Waals surface area contributed by atoms with E-state index in [1.165, 1.54) is 6.92 Å². The van der Waals surface area contributed by atoms with Crippen molar-refractivity contribution in [3.8, 4) is 6.07 Å². The molecule has 16 heavy (non-hydrogen) atoms. The van der Waals surface area contributed by atoms with Crippen molar-refractivity contribution in [2.24, 2.45) is 0 Å². The van der Waals surface area contributed by atoms with Crippen LogP contribution in [-0.2, 0) is 4.79 Å². The van der Waals surface area contributed by atoms with Crippen molar-refractivity contribution >= 4 is 48.2 Å². The summed E-state index contributed by atoms with van der Waals surface area (Å²) in [7, 11) is 0. The van der Waals surface area contributed by atoms with Crippen molar-refractivity contribution < 1.29 is 4.79 Å². The van der Waals surface area contributed by atoms with Gasteiger partial charge in [-0.2, -0.15) is 0 Å². The van der Waals surface area contributed by atoms with E-state index < -0.39 is 0 Å². The number of allylic oxidation sites excluding steroid dienone is 2. The normalized spacial score (nSPS) is 11.4. The predicted molar refractivity (Wildman–Crippen MR) is 66.1 cm³/mol. The average molecular weight is 237 g/mol. The molecule has 0 N–H and O–H groups in total. The number of benzene rings is 1. The van der Waals surface area contributed by atoms with Crippen molar-refractivity contribution in [3.63, 3.8) is 0 Å². The number of carbonyl (C=O) groups excluding carboxylic acids is 1.